The van der Waals surface area contributed by atoms with E-state index in [1.807, 2.05) is 30.8 Å². The Bertz CT molecular complexity index is 680. The summed E-state index contributed by atoms with van der Waals surface area (Å²) in [5.74, 6) is -0.0341. The maximum atomic E-state index is 12.4. The highest BCUT2D eigenvalue weighted by atomic mass is 16.2. The van der Waals surface area contributed by atoms with Crippen molar-refractivity contribution in [2.75, 3.05) is 26.2 Å². The van der Waals surface area contributed by atoms with Gasteiger partial charge in [0.25, 0.3) is 5.91 Å². The Morgan fingerprint density at radius 2 is 2.00 bits per heavy atom. The summed E-state index contributed by atoms with van der Waals surface area (Å²) in [6.07, 6.45) is 4.03. The number of nitrogens with zero attached hydrogens (tertiary/aromatic N) is 5. The lowest BCUT2D eigenvalue weighted by Crippen LogP contribution is -2.36. The van der Waals surface area contributed by atoms with Crippen molar-refractivity contribution in [3.63, 3.8) is 0 Å². The molecule has 0 spiro atoms. The maximum Gasteiger partial charge on any atom is 0.276 e. The lowest BCUT2D eigenvalue weighted by Gasteiger charge is -2.32. The molecule has 1 atom stereocenters. The maximum absolute atomic E-state index is 12.4. The quantitative estimate of drug-likeness (QED) is 0.810. The summed E-state index contributed by atoms with van der Waals surface area (Å²) in [7, 11) is 0. The Hall–Kier alpha value is -2.21. The Kier molecular flexibility index (Phi) is 5.81. The number of benzene rings is 1. The van der Waals surface area contributed by atoms with Gasteiger partial charge in [-0.15, -0.1) is 5.10 Å². The lowest BCUT2D eigenvalue weighted by atomic mass is 10.0. The number of carbonyl (C=O) groups is 1. The summed E-state index contributed by atoms with van der Waals surface area (Å²) in [5.41, 5.74) is 1.78. The molecule has 1 aliphatic rings. The lowest BCUT2D eigenvalue weighted by molar-refractivity contribution is 0.0767. The molecule has 2 heterocycles. The van der Waals surface area contributed by atoms with E-state index >= 15 is 0 Å². The van der Waals surface area contributed by atoms with E-state index in [-0.39, 0.29) is 11.9 Å². The van der Waals surface area contributed by atoms with E-state index in [1.54, 1.807) is 4.90 Å². The van der Waals surface area contributed by atoms with Crippen molar-refractivity contribution in [2.24, 2.45) is 0 Å². The molecule has 6 nitrogen and oxygen atoms in total. The first-order chi connectivity index (χ1) is 12.2. The molecule has 1 aliphatic heterocycles. The summed E-state index contributed by atoms with van der Waals surface area (Å²) in [4.78, 5) is 16.6. The van der Waals surface area contributed by atoms with Crippen molar-refractivity contribution in [2.45, 2.75) is 39.3 Å². The molecular formula is C19H27N5O. The van der Waals surface area contributed by atoms with Crippen molar-refractivity contribution < 1.29 is 4.79 Å². The predicted octanol–water partition coefficient (Wildman–Crippen LogP) is 2.60. The van der Waals surface area contributed by atoms with Gasteiger partial charge in [0.2, 0.25) is 0 Å². The number of carbonyl (C=O) groups excluding carboxylic acids is 1. The van der Waals surface area contributed by atoms with Crippen LogP contribution in [0.15, 0.2) is 36.5 Å². The van der Waals surface area contributed by atoms with Crippen LogP contribution in [0.2, 0.25) is 0 Å². The minimum absolute atomic E-state index is 0.0341. The number of likely N-dealkylation sites (tertiary alicyclic amines) is 1. The second-order valence-corrected chi connectivity index (χ2v) is 6.58. The van der Waals surface area contributed by atoms with Crippen LogP contribution in [-0.4, -0.2) is 56.9 Å². The van der Waals surface area contributed by atoms with Crippen LogP contribution in [0.4, 0.5) is 0 Å². The van der Waals surface area contributed by atoms with E-state index < -0.39 is 0 Å². The molecule has 0 aliphatic carbocycles. The number of rotatable bonds is 6. The fourth-order valence-electron chi connectivity index (χ4n) is 3.46. The van der Waals surface area contributed by atoms with E-state index in [2.05, 4.69) is 39.5 Å². The van der Waals surface area contributed by atoms with Crippen LogP contribution in [0.25, 0.3) is 0 Å². The number of amides is 1. The molecule has 1 aromatic heterocycles. The average molecular weight is 341 g/mol. The zero-order chi connectivity index (χ0) is 17.6. The highest BCUT2D eigenvalue weighted by Gasteiger charge is 2.24. The van der Waals surface area contributed by atoms with Crippen molar-refractivity contribution in [3.05, 3.63) is 47.8 Å². The average Bonchev–Trinajstić information content (AvgIpc) is 3.14. The van der Waals surface area contributed by atoms with Crippen LogP contribution in [0.1, 0.15) is 48.8 Å². The van der Waals surface area contributed by atoms with Crippen LogP contribution in [0, 0.1) is 0 Å². The minimum Gasteiger partial charge on any atom is -0.338 e. The first-order valence-corrected chi connectivity index (χ1v) is 9.18. The van der Waals surface area contributed by atoms with E-state index in [4.69, 9.17) is 0 Å². The van der Waals surface area contributed by atoms with Crippen LogP contribution >= 0.6 is 0 Å². The third kappa shape index (κ3) is 4.25. The van der Waals surface area contributed by atoms with Gasteiger partial charge in [-0.25, -0.2) is 4.68 Å². The van der Waals surface area contributed by atoms with Gasteiger partial charge >= 0.3 is 0 Å². The Morgan fingerprint density at radius 3 is 2.72 bits per heavy atom. The third-order valence-electron chi connectivity index (χ3n) is 4.88. The smallest absolute Gasteiger partial charge is 0.276 e. The molecule has 0 N–H and O–H groups in total. The second-order valence-electron chi connectivity index (χ2n) is 6.58. The van der Waals surface area contributed by atoms with Crippen molar-refractivity contribution in [1.82, 2.24) is 24.8 Å². The monoisotopic (exact) mass is 341 g/mol. The molecule has 134 valence electrons. The topological polar surface area (TPSA) is 54.3 Å². The second kappa shape index (κ2) is 8.25. The molecule has 25 heavy (non-hydrogen) atoms. The summed E-state index contributed by atoms with van der Waals surface area (Å²) < 4.78 is 1.88. The zero-order valence-corrected chi connectivity index (χ0v) is 15.1. The Balaban J connectivity index is 1.65. The van der Waals surface area contributed by atoms with Crippen molar-refractivity contribution in [3.8, 4) is 0 Å². The first kappa shape index (κ1) is 17.6. The molecule has 0 radical (unpaired) electrons. The summed E-state index contributed by atoms with van der Waals surface area (Å²) >= 11 is 0. The molecule has 1 amide bonds. The number of hydrogen-bond acceptors (Lipinski definition) is 4. The van der Waals surface area contributed by atoms with Gasteiger partial charge in [-0.1, -0.05) is 35.5 Å². The van der Waals surface area contributed by atoms with Gasteiger partial charge in [0.15, 0.2) is 5.69 Å². The Morgan fingerprint density at radius 1 is 1.24 bits per heavy atom. The number of piperidine rings is 1. The highest BCUT2D eigenvalue weighted by Crippen LogP contribution is 2.22. The zero-order valence-electron chi connectivity index (χ0n) is 15.1. The van der Waals surface area contributed by atoms with Crippen LogP contribution in [-0.2, 0) is 6.54 Å². The van der Waals surface area contributed by atoms with Crippen LogP contribution in [0.3, 0.4) is 0 Å². The normalized spacial score (nSPS) is 18.2. The minimum atomic E-state index is -0.0341. The molecule has 0 saturated carbocycles. The van der Waals surface area contributed by atoms with Gasteiger partial charge < -0.3 is 4.90 Å². The standard InChI is InChI=1S/C19H27N5O/c1-3-23(4-2)19(25)18-15-24(21-20-18)17-11-8-12-22(14-17)13-16-9-6-5-7-10-16/h5-7,9-10,15,17H,3-4,8,11-14H2,1-2H3. The van der Waals surface area contributed by atoms with Gasteiger partial charge in [-0.2, -0.15) is 0 Å². The van der Waals surface area contributed by atoms with Gasteiger partial charge in [0.05, 0.1) is 12.2 Å². The summed E-state index contributed by atoms with van der Waals surface area (Å²) in [6.45, 7) is 8.34. The first-order valence-electron chi connectivity index (χ1n) is 9.18. The summed E-state index contributed by atoms with van der Waals surface area (Å²) in [5, 5.41) is 8.37. The van der Waals surface area contributed by atoms with Crippen molar-refractivity contribution >= 4 is 5.91 Å². The number of aromatic nitrogens is 3. The van der Waals surface area contributed by atoms with E-state index in [1.165, 1.54) is 5.56 Å². The van der Waals surface area contributed by atoms with E-state index in [0.717, 1.165) is 32.5 Å². The van der Waals surface area contributed by atoms with Gasteiger partial charge in [0.1, 0.15) is 0 Å². The van der Waals surface area contributed by atoms with E-state index in [0.29, 0.717) is 18.8 Å². The van der Waals surface area contributed by atoms with E-state index in [9.17, 15) is 4.79 Å². The fourth-order valence-corrected chi connectivity index (χ4v) is 3.46. The Labute approximate surface area is 149 Å². The largest absolute Gasteiger partial charge is 0.338 e. The summed E-state index contributed by atoms with van der Waals surface area (Å²) in [6, 6.07) is 10.8. The predicted molar refractivity (Wildman–Crippen MR) is 97.3 cm³/mol. The molecule has 1 saturated heterocycles. The third-order valence-corrected chi connectivity index (χ3v) is 4.88. The molecule has 2 aromatic rings. The molecule has 1 unspecified atom stereocenters. The molecule has 1 fully saturated rings. The van der Waals surface area contributed by atoms with Crippen LogP contribution < -0.4 is 0 Å². The number of hydrogen-bond donors (Lipinski definition) is 0. The molecule has 6 heteroatoms. The highest BCUT2D eigenvalue weighted by molar-refractivity contribution is 5.91. The SMILES string of the molecule is CCN(CC)C(=O)c1cn(C2CCCN(Cc3ccccc3)C2)nn1. The molecule has 3 rings (SSSR count). The molecule has 0 bridgehead atoms. The molecular weight excluding hydrogens is 314 g/mol. The van der Waals surface area contributed by atoms with Gasteiger partial charge in [0, 0.05) is 26.2 Å². The molecule has 1 aromatic carbocycles. The van der Waals surface area contributed by atoms with Crippen molar-refractivity contribution in [1.29, 1.82) is 0 Å². The van der Waals surface area contributed by atoms with Crippen LogP contribution in [0.5, 0.6) is 0 Å². The fraction of sp³-hybridized carbons (Fsp3) is 0.526. The van der Waals surface area contributed by atoms with Gasteiger partial charge in [-0.05, 0) is 38.8 Å². The van der Waals surface area contributed by atoms with Gasteiger partial charge in [-0.3, -0.25) is 9.69 Å².